The van der Waals surface area contributed by atoms with E-state index in [1.54, 1.807) is 24.8 Å². The minimum atomic E-state index is -0.467. The second-order valence-electron chi connectivity index (χ2n) is 2.83. The number of rotatable bonds is 3. The second-order valence-corrected chi connectivity index (χ2v) is 5.19. The molecular formula is C10H10BrClOS. The largest absolute Gasteiger partial charge is 0.293 e. The first-order valence-electron chi connectivity index (χ1n) is 4.08. The van der Waals surface area contributed by atoms with Crippen molar-refractivity contribution in [2.45, 2.75) is 17.2 Å². The van der Waals surface area contributed by atoms with Crippen LogP contribution in [0.25, 0.3) is 0 Å². The van der Waals surface area contributed by atoms with Crippen molar-refractivity contribution in [3.63, 3.8) is 0 Å². The molecule has 76 valence electrons. The van der Waals surface area contributed by atoms with E-state index in [9.17, 15) is 4.79 Å². The molecule has 0 aliphatic heterocycles. The third kappa shape index (κ3) is 2.75. The van der Waals surface area contributed by atoms with Crippen molar-refractivity contribution < 1.29 is 4.79 Å². The fraction of sp³-hybridized carbons (Fsp3) is 0.300. The highest BCUT2D eigenvalue weighted by atomic mass is 79.9. The molecule has 1 unspecified atom stereocenters. The molecule has 14 heavy (non-hydrogen) atoms. The molecule has 0 heterocycles. The van der Waals surface area contributed by atoms with Gasteiger partial charge in [-0.05, 0) is 41.2 Å². The molecule has 0 N–H and O–H groups in total. The number of hydrogen-bond donors (Lipinski definition) is 0. The summed E-state index contributed by atoms with van der Waals surface area (Å²) in [7, 11) is 0. The minimum absolute atomic E-state index is 0.0329. The van der Waals surface area contributed by atoms with Gasteiger partial charge in [0.25, 0.3) is 0 Å². The Bertz CT molecular complexity index is 352. The van der Waals surface area contributed by atoms with E-state index in [1.807, 2.05) is 18.4 Å². The van der Waals surface area contributed by atoms with Gasteiger partial charge in [-0.3, -0.25) is 4.79 Å². The van der Waals surface area contributed by atoms with Crippen LogP contribution in [-0.4, -0.2) is 17.4 Å². The fourth-order valence-electron chi connectivity index (χ4n) is 1.04. The molecule has 0 fully saturated rings. The van der Waals surface area contributed by atoms with Crippen molar-refractivity contribution in [2.24, 2.45) is 0 Å². The summed E-state index contributed by atoms with van der Waals surface area (Å²) in [4.78, 5) is 12.6. The standard InChI is InChI=1S/C10H10BrClOS/c1-6(12)10(13)7-3-4-8(11)9(5-7)14-2/h3-6H,1-2H3. The molecule has 0 saturated heterocycles. The number of carbonyl (C=O) groups excluding carboxylic acids is 1. The molecule has 0 radical (unpaired) electrons. The Labute approximate surface area is 101 Å². The van der Waals surface area contributed by atoms with E-state index in [4.69, 9.17) is 11.6 Å². The molecular weight excluding hydrogens is 284 g/mol. The topological polar surface area (TPSA) is 17.1 Å². The average molecular weight is 294 g/mol. The SMILES string of the molecule is CSc1cc(C(=O)C(C)Cl)ccc1Br. The van der Waals surface area contributed by atoms with Gasteiger partial charge >= 0.3 is 0 Å². The van der Waals surface area contributed by atoms with Crippen molar-refractivity contribution in [1.29, 1.82) is 0 Å². The maximum Gasteiger partial charge on any atom is 0.180 e. The first-order valence-corrected chi connectivity index (χ1v) is 6.53. The average Bonchev–Trinajstić information content (AvgIpc) is 2.17. The predicted octanol–water partition coefficient (Wildman–Crippen LogP) is 3.98. The van der Waals surface area contributed by atoms with Gasteiger partial charge in [-0.1, -0.05) is 6.07 Å². The highest BCUT2D eigenvalue weighted by Crippen LogP contribution is 2.27. The minimum Gasteiger partial charge on any atom is -0.293 e. The van der Waals surface area contributed by atoms with Crippen LogP contribution in [0.1, 0.15) is 17.3 Å². The van der Waals surface area contributed by atoms with E-state index in [0.717, 1.165) is 9.37 Å². The summed E-state index contributed by atoms with van der Waals surface area (Å²) in [5, 5.41) is -0.467. The number of ketones is 1. The number of Topliss-reactive ketones (excluding diaryl/α,β-unsaturated/α-hetero) is 1. The molecule has 4 heteroatoms. The van der Waals surface area contributed by atoms with Crippen LogP contribution in [0.3, 0.4) is 0 Å². The third-order valence-corrected chi connectivity index (χ3v) is 3.73. The first-order chi connectivity index (χ1) is 6.56. The van der Waals surface area contributed by atoms with Gasteiger partial charge < -0.3 is 0 Å². The van der Waals surface area contributed by atoms with Gasteiger partial charge in [0.2, 0.25) is 0 Å². The molecule has 0 aromatic heterocycles. The molecule has 0 saturated carbocycles. The molecule has 0 aliphatic carbocycles. The zero-order chi connectivity index (χ0) is 10.7. The summed E-state index contributed by atoms with van der Waals surface area (Å²) in [6.07, 6.45) is 1.97. The highest BCUT2D eigenvalue weighted by molar-refractivity contribution is 9.10. The zero-order valence-electron chi connectivity index (χ0n) is 7.88. The van der Waals surface area contributed by atoms with Crippen LogP contribution in [0, 0.1) is 0 Å². The van der Waals surface area contributed by atoms with Gasteiger partial charge in [0.05, 0.1) is 5.38 Å². The maximum absolute atomic E-state index is 11.6. The van der Waals surface area contributed by atoms with Gasteiger partial charge in [-0.2, -0.15) is 0 Å². The van der Waals surface area contributed by atoms with Crippen molar-refractivity contribution in [2.75, 3.05) is 6.26 Å². The van der Waals surface area contributed by atoms with Crippen molar-refractivity contribution >= 4 is 45.1 Å². The van der Waals surface area contributed by atoms with E-state index < -0.39 is 5.38 Å². The monoisotopic (exact) mass is 292 g/mol. The second kappa shape index (κ2) is 5.19. The van der Waals surface area contributed by atoms with Crippen molar-refractivity contribution in [3.05, 3.63) is 28.2 Å². The van der Waals surface area contributed by atoms with Gasteiger partial charge in [0, 0.05) is 14.9 Å². The van der Waals surface area contributed by atoms with Crippen LogP contribution in [0.2, 0.25) is 0 Å². The molecule has 0 spiro atoms. The Balaban J connectivity index is 3.06. The Kier molecular flexibility index (Phi) is 4.48. The molecule has 1 aromatic carbocycles. The van der Waals surface area contributed by atoms with Crippen LogP contribution >= 0.6 is 39.3 Å². The molecule has 0 bridgehead atoms. The first kappa shape index (κ1) is 12.1. The summed E-state index contributed by atoms with van der Waals surface area (Å²) >= 11 is 10.7. The van der Waals surface area contributed by atoms with Crippen molar-refractivity contribution in [1.82, 2.24) is 0 Å². The van der Waals surface area contributed by atoms with E-state index >= 15 is 0 Å². The van der Waals surface area contributed by atoms with E-state index in [-0.39, 0.29) is 5.78 Å². The Morgan fingerprint density at radius 1 is 1.57 bits per heavy atom. The van der Waals surface area contributed by atoms with Gasteiger partial charge in [0.15, 0.2) is 5.78 Å². The number of thioether (sulfide) groups is 1. The molecule has 1 atom stereocenters. The lowest BCUT2D eigenvalue weighted by molar-refractivity contribution is 0.0991. The summed E-state index contributed by atoms with van der Waals surface area (Å²) in [6, 6.07) is 5.51. The van der Waals surface area contributed by atoms with Crippen LogP contribution < -0.4 is 0 Å². The predicted molar refractivity (Wildman–Crippen MR) is 65.6 cm³/mol. The Morgan fingerprint density at radius 3 is 2.71 bits per heavy atom. The van der Waals surface area contributed by atoms with Gasteiger partial charge in [-0.25, -0.2) is 0 Å². The summed E-state index contributed by atoms with van der Waals surface area (Å²) in [5.74, 6) is -0.0329. The summed E-state index contributed by atoms with van der Waals surface area (Å²) in [5.41, 5.74) is 0.667. The van der Waals surface area contributed by atoms with Gasteiger partial charge in [-0.15, -0.1) is 23.4 Å². The number of hydrogen-bond acceptors (Lipinski definition) is 2. The normalized spacial score (nSPS) is 12.6. The van der Waals surface area contributed by atoms with Crippen LogP contribution in [-0.2, 0) is 0 Å². The quantitative estimate of drug-likeness (QED) is 0.476. The molecule has 1 rings (SSSR count). The third-order valence-electron chi connectivity index (χ3n) is 1.80. The Hall–Kier alpha value is 0.01000. The molecule has 0 aliphatic rings. The van der Waals surface area contributed by atoms with Crippen LogP contribution in [0.5, 0.6) is 0 Å². The lowest BCUT2D eigenvalue weighted by Gasteiger charge is -2.05. The highest BCUT2D eigenvalue weighted by Gasteiger charge is 2.13. The molecule has 1 nitrogen and oxygen atoms in total. The zero-order valence-corrected chi connectivity index (χ0v) is 11.0. The lowest BCUT2D eigenvalue weighted by Crippen LogP contribution is -2.10. The fourth-order valence-corrected chi connectivity index (χ4v) is 2.41. The van der Waals surface area contributed by atoms with E-state index in [2.05, 4.69) is 15.9 Å². The van der Waals surface area contributed by atoms with Gasteiger partial charge in [0.1, 0.15) is 0 Å². The number of carbonyl (C=O) groups is 1. The van der Waals surface area contributed by atoms with Crippen LogP contribution in [0.15, 0.2) is 27.6 Å². The summed E-state index contributed by atoms with van der Waals surface area (Å²) in [6.45, 7) is 1.69. The maximum atomic E-state index is 11.6. The number of halogens is 2. The molecule has 0 amide bonds. The lowest BCUT2D eigenvalue weighted by atomic mass is 10.1. The number of alkyl halides is 1. The number of benzene rings is 1. The summed E-state index contributed by atoms with van der Waals surface area (Å²) < 4.78 is 1.00. The Morgan fingerprint density at radius 2 is 2.21 bits per heavy atom. The van der Waals surface area contributed by atoms with E-state index in [1.165, 1.54) is 0 Å². The smallest absolute Gasteiger partial charge is 0.180 e. The van der Waals surface area contributed by atoms with Crippen molar-refractivity contribution in [3.8, 4) is 0 Å². The van der Waals surface area contributed by atoms with Crippen LogP contribution in [0.4, 0.5) is 0 Å². The molecule has 1 aromatic rings. The van der Waals surface area contributed by atoms with E-state index in [0.29, 0.717) is 5.56 Å².